The summed E-state index contributed by atoms with van der Waals surface area (Å²) in [4.78, 5) is 11.2. The Morgan fingerprint density at radius 1 is 1.04 bits per heavy atom. The van der Waals surface area contributed by atoms with Crippen molar-refractivity contribution >= 4 is 15.8 Å². The minimum Gasteiger partial charge on any atom is -0.378 e. The molecule has 8 heteroatoms. The first kappa shape index (κ1) is 17.7. The molecule has 2 aromatic heterocycles. The highest BCUT2D eigenvalue weighted by Gasteiger charge is 2.22. The molecule has 1 saturated heterocycles. The topological polar surface area (TPSA) is 77.3 Å². The van der Waals surface area contributed by atoms with Crippen LogP contribution in [-0.2, 0) is 14.8 Å². The third-order valence-electron chi connectivity index (χ3n) is 4.50. The first-order valence-corrected chi connectivity index (χ1v) is 10.2. The Hall–Kier alpha value is -2.71. The van der Waals surface area contributed by atoms with Gasteiger partial charge >= 0.3 is 0 Å². The van der Waals surface area contributed by atoms with Gasteiger partial charge in [-0.25, -0.2) is 22.4 Å². The van der Waals surface area contributed by atoms with Crippen molar-refractivity contribution in [2.75, 3.05) is 31.2 Å². The molecular weight excluding hydrogens is 364 g/mol. The predicted molar refractivity (Wildman–Crippen MR) is 102 cm³/mol. The van der Waals surface area contributed by atoms with Crippen molar-refractivity contribution in [1.82, 2.24) is 13.9 Å². The molecule has 27 heavy (non-hydrogen) atoms. The number of benzene rings is 1. The molecule has 0 N–H and O–H groups in total. The molecule has 3 aromatic rings. The van der Waals surface area contributed by atoms with E-state index < -0.39 is 10.0 Å². The molecule has 0 amide bonds. The number of nitrogens with zero attached hydrogens (tertiary/aromatic N) is 4. The van der Waals surface area contributed by atoms with Crippen LogP contribution < -0.4 is 4.90 Å². The van der Waals surface area contributed by atoms with Gasteiger partial charge in [0.1, 0.15) is 11.5 Å². The number of aromatic nitrogens is 3. The molecule has 0 bridgehead atoms. The molecule has 0 aliphatic carbocycles. The lowest BCUT2D eigenvalue weighted by molar-refractivity contribution is 0.122. The fraction of sp³-hybridized carbons (Fsp3) is 0.263. The number of rotatable bonds is 4. The summed E-state index contributed by atoms with van der Waals surface area (Å²) >= 11 is 0. The van der Waals surface area contributed by atoms with Gasteiger partial charge in [0.2, 0.25) is 0 Å². The van der Waals surface area contributed by atoms with Crippen LogP contribution in [0.4, 0.5) is 5.82 Å². The number of aryl methyl sites for hydroxylation is 1. The molecule has 3 heterocycles. The quantitative estimate of drug-likeness (QED) is 0.687. The molecule has 0 unspecified atom stereocenters. The van der Waals surface area contributed by atoms with E-state index in [9.17, 15) is 8.42 Å². The van der Waals surface area contributed by atoms with E-state index in [-0.39, 0.29) is 4.90 Å². The minimum absolute atomic E-state index is 0.231. The molecule has 140 valence electrons. The molecule has 0 atom stereocenters. The fourth-order valence-corrected chi connectivity index (χ4v) is 4.35. The fourth-order valence-electron chi connectivity index (χ4n) is 3.01. The maximum Gasteiger partial charge on any atom is 0.268 e. The zero-order chi connectivity index (χ0) is 18.9. The summed E-state index contributed by atoms with van der Waals surface area (Å²) in [5.41, 5.74) is 1.44. The van der Waals surface area contributed by atoms with E-state index in [1.165, 1.54) is 10.2 Å². The second kappa shape index (κ2) is 7.13. The van der Waals surface area contributed by atoms with Crippen LogP contribution in [0.1, 0.15) is 5.56 Å². The van der Waals surface area contributed by atoms with E-state index in [1.54, 1.807) is 42.6 Å². The van der Waals surface area contributed by atoms with E-state index in [2.05, 4.69) is 14.9 Å². The molecule has 1 aliphatic heterocycles. The Morgan fingerprint density at radius 2 is 1.78 bits per heavy atom. The second-order valence-corrected chi connectivity index (χ2v) is 8.16. The van der Waals surface area contributed by atoms with Crippen LogP contribution in [0.3, 0.4) is 0 Å². The summed E-state index contributed by atoms with van der Waals surface area (Å²) in [7, 11) is -3.73. The van der Waals surface area contributed by atoms with Crippen LogP contribution >= 0.6 is 0 Å². The van der Waals surface area contributed by atoms with Gasteiger partial charge in [0, 0.05) is 25.5 Å². The van der Waals surface area contributed by atoms with Crippen LogP contribution in [0.15, 0.2) is 59.8 Å². The summed E-state index contributed by atoms with van der Waals surface area (Å²) in [5, 5.41) is 0. The molecule has 0 radical (unpaired) electrons. The zero-order valence-electron chi connectivity index (χ0n) is 14.9. The van der Waals surface area contributed by atoms with Crippen LogP contribution in [0.2, 0.25) is 0 Å². The highest BCUT2D eigenvalue weighted by Crippen LogP contribution is 2.24. The van der Waals surface area contributed by atoms with Crippen molar-refractivity contribution in [3.8, 4) is 11.5 Å². The lowest BCUT2D eigenvalue weighted by atomic mass is 10.2. The molecular formula is C19H20N4O3S. The number of hydrogen-bond acceptors (Lipinski definition) is 6. The zero-order valence-corrected chi connectivity index (χ0v) is 15.8. The summed E-state index contributed by atoms with van der Waals surface area (Å²) < 4.78 is 32.7. The predicted octanol–water partition coefficient (Wildman–Crippen LogP) is 2.33. The van der Waals surface area contributed by atoms with E-state index in [1.807, 2.05) is 13.0 Å². The lowest BCUT2D eigenvalue weighted by Gasteiger charge is -2.27. The lowest BCUT2D eigenvalue weighted by Crippen LogP contribution is -2.36. The Bertz CT molecular complexity index is 1040. The standard InChI is InChI=1S/C19H20N4O3S/c1-15-4-6-16(7-5-15)27(24,25)23-10-2-3-17(23)19-20-9-8-18(21-19)22-11-13-26-14-12-22/h2-10H,11-14H2,1H3. The third kappa shape index (κ3) is 3.45. The van der Waals surface area contributed by atoms with Gasteiger partial charge in [-0.3, -0.25) is 0 Å². The average Bonchev–Trinajstić information content (AvgIpc) is 3.20. The molecule has 1 aliphatic rings. The second-order valence-electron chi connectivity index (χ2n) is 6.35. The van der Waals surface area contributed by atoms with Crippen molar-refractivity contribution in [1.29, 1.82) is 0 Å². The Balaban J connectivity index is 1.73. The number of hydrogen-bond donors (Lipinski definition) is 0. The van der Waals surface area contributed by atoms with E-state index in [0.717, 1.165) is 24.5 Å². The van der Waals surface area contributed by atoms with Gasteiger partial charge in [-0.1, -0.05) is 17.7 Å². The normalized spacial score (nSPS) is 15.1. The van der Waals surface area contributed by atoms with Crippen LogP contribution in [-0.4, -0.2) is 48.7 Å². The van der Waals surface area contributed by atoms with Crippen molar-refractivity contribution in [2.45, 2.75) is 11.8 Å². The molecule has 1 fully saturated rings. The first-order chi connectivity index (χ1) is 13.1. The van der Waals surface area contributed by atoms with Crippen LogP contribution in [0, 0.1) is 6.92 Å². The summed E-state index contributed by atoms with van der Waals surface area (Å²) in [6, 6.07) is 12.0. The monoisotopic (exact) mass is 384 g/mol. The van der Waals surface area contributed by atoms with Gasteiger partial charge in [0.25, 0.3) is 10.0 Å². The number of ether oxygens (including phenoxy) is 1. The van der Waals surface area contributed by atoms with E-state index >= 15 is 0 Å². The van der Waals surface area contributed by atoms with Gasteiger partial charge in [-0.15, -0.1) is 0 Å². The van der Waals surface area contributed by atoms with Gasteiger partial charge in [-0.05, 0) is 37.3 Å². The summed E-state index contributed by atoms with van der Waals surface area (Å²) in [5.74, 6) is 1.14. The van der Waals surface area contributed by atoms with Crippen molar-refractivity contribution in [3.05, 3.63) is 60.4 Å². The number of morpholine rings is 1. The smallest absolute Gasteiger partial charge is 0.268 e. The third-order valence-corrected chi connectivity index (χ3v) is 6.20. The highest BCUT2D eigenvalue weighted by atomic mass is 32.2. The van der Waals surface area contributed by atoms with E-state index in [4.69, 9.17) is 4.74 Å². The molecule has 4 rings (SSSR count). The average molecular weight is 384 g/mol. The highest BCUT2D eigenvalue weighted by molar-refractivity contribution is 7.90. The first-order valence-electron chi connectivity index (χ1n) is 8.71. The molecule has 0 saturated carbocycles. The summed E-state index contributed by atoms with van der Waals surface area (Å²) in [6.07, 6.45) is 3.18. The number of anilines is 1. The molecule has 7 nitrogen and oxygen atoms in total. The Labute approximate surface area is 158 Å². The van der Waals surface area contributed by atoms with Gasteiger partial charge in [-0.2, -0.15) is 0 Å². The Morgan fingerprint density at radius 3 is 2.52 bits per heavy atom. The van der Waals surface area contributed by atoms with Crippen LogP contribution in [0.5, 0.6) is 0 Å². The maximum atomic E-state index is 13.1. The largest absolute Gasteiger partial charge is 0.378 e. The van der Waals surface area contributed by atoms with Crippen LogP contribution in [0.25, 0.3) is 11.5 Å². The van der Waals surface area contributed by atoms with Gasteiger partial charge < -0.3 is 9.64 Å². The van der Waals surface area contributed by atoms with Crippen molar-refractivity contribution < 1.29 is 13.2 Å². The van der Waals surface area contributed by atoms with E-state index in [0.29, 0.717) is 24.7 Å². The Kier molecular flexibility index (Phi) is 4.67. The van der Waals surface area contributed by atoms with Crippen molar-refractivity contribution in [2.24, 2.45) is 0 Å². The van der Waals surface area contributed by atoms with Crippen molar-refractivity contribution in [3.63, 3.8) is 0 Å². The molecule has 0 spiro atoms. The van der Waals surface area contributed by atoms with Gasteiger partial charge in [0.15, 0.2) is 5.82 Å². The maximum absolute atomic E-state index is 13.1. The summed E-state index contributed by atoms with van der Waals surface area (Å²) in [6.45, 7) is 4.72. The minimum atomic E-state index is -3.73. The SMILES string of the molecule is Cc1ccc(S(=O)(=O)n2cccc2-c2nccc(N3CCOCC3)n2)cc1. The molecule has 1 aromatic carbocycles. The van der Waals surface area contributed by atoms with Gasteiger partial charge in [0.05, 0.1) is 18.1 Å².